The third-order valence-corrected chi connectivity index (χ3v) is 6.24. The first-order valence-electron chi connectivity index (χ1n) is 10.5. The molecule has 2 aliphatic rings. The van der Waals surface area contributed by atoms with Gasteiger partial charge in [-0.05, 0) is 42.5 Å². The fourth-order valence-electron chi connectivity index (χ4n) is 4.53. The third kappa shape index (κ3) is 4.39. The molecule has 1 aliphatic carbocycles. The molecule has 1 aromatic heterocycles. The predicted molar refractivity (Wildman–Crippen MR) is 125 cm³/mol. The van der Waals surface area contributed by atoms with Crippen LogP contribution in [-0.4, -0.2) is 21.6 Å². The maximum atomic E-state index is 13.4. The maximum Gasteiger partial charge on any atom is 0.269 e. The Kier molecular flexibility index (Phi) is 5.80. The van der Waals surface area contributed by atoms with Gasteiger partial charge in [0.25, 0.3) is 11.6 Å². The number of aromatic nitrogens is 1. The van der Waals surface area contributed by atoms with Crippen molar-refractivity contribution in [3.63, 3.8) is 0 Å². The molecule has 0 unspecified atom stereocenters. The smallest absolute Gasteiger partial charge is 0.269 e. The van der Waals surface area contributed by atoms with Crippen molar-refractivity contribution in [2.45, 2.75) is 39.5 Å². The zero-order valence-corrected chi connectivity index (χ0v) is 19.2. The summed E-state index contributed by atoms with van der Waals surface area (Å²) in [7, 11) is 0. The first-order chi connectivity index (χ1) is 15.6. The summed E-state index contributed by atoms with van der Waals surface area (Å²) in [6.07, 6.45) is 2.45. The van der Waals surface area contributed by atoms with E-state index in [1.807, 2.05) is 13.8 Å². The van der Waals surface area contributed by atoms with E-state index in [4.69, 9.17) is 11.6 Å². The Morgan fingerprint density at radius 1 is 1.27 bits per heavy atom. The predicted octanol–water partition coefficient (Wildman–Crippen LogP) is 4.89. The van der Waals surface area contributed by atoms with Crippen molar-refractivity contribution in [1.82, 2.24) is 10.3 Å². The minimum atomic E-state index is -0.846. The molecule has 0 bridgehead atoms. The summed E-state index contributed by atoms with van der Waals surface area (Å²) in [4.78, 5) is 41.9. The van der Waals surface area contributed by atoms with E-state index in [9.17, 15) is 19.7 Å². The van der Waals surface area contributed by atoms with Crippen molar-refractivity contribution in [3.05, 3.63) is 85.8 Å². The van der Waals surface area contributed by atoms with Crippen molar-refractivity contribution in [1.29, 1.82) is 0 Å². The first-order valence-corrected chi connectivity index (χ1v) is 10.9. The van der Waals surface area contributed by atoms with Crippen LogP contribution in [-0.2, 0) is 9.59 Å². The number of amides is 1. The molecule has 2 N–H and O–H groups in total. The van der Waals surface area contributed by atoms with Crippen LogP contribution < -0.4 is 10.6 Å². The van der Waals surface area contributed by atoms with Crippen LogP contribution in [0.15, 0.2) is 65.1 Å². The molecule has 0 saturated carbocycles. The van der Waals surface area contributed by atoms with Crippen LogP contribution in [0.3, 0.4) is 0 Å². The molecule has 1 atom stereocenters. The van der Waals surface area contributed by atoms with Crippen molar-refractivity contribution in [2.24, 2.45) is 5.41 Å². The number of anilines is 1. The van der Waals surface area contributed by atoms with Gasteiger partial charge < -0.3 is 10.6 Å². The number of carbonyl (C=O) groups excluding carboxylic acids is 2. The van der Waals surface area contributed by atoms with Crippen molar-refractivity contribution in [3.8, 4) is 0 Å². The topological polar surface area (TPSA) is 114 Å². The highest BCUT2D eigenvalue weighted by Crippen LogP contribution is 2.48. The number of nitrogens with zero attached hydrogens (tertiary/aromatic N) is 2. The number of carbonyl (C=O) groups is 2. The quantitative estimate of drug-likeness (QED) is 0.490. The van der Waals surface area contributed by atoms with Gasteiger partial charge in [0.1, 0.15) is 5.82 Å². The lowest BCUT2D eigenvalue weighted by atomic mass is 9.68. The largest absolute Gasteiger partial charge is 0.362 e. The third-order valence-electron chi connectivity index (χ3n) is 5.89. The van der Waals surface area contributed by atoms with E-state index in [2.05, 4.69) is 15.6 Å². The van der Waals surface area contributed by atoms with Gasteiger partial charge in [-0.25, -0.2) is 4.98 Å². The summed E-state index contributed by atoms with van der Waals surface area (Å²) < 4.78 is 0. The van der Waals surface area contributed by atoms with Crippen LogP contribution in [0.2, 0.25) is 5.02 Å². The molecule has 2 aromatic rings. The van der Waals surface area contributed by atoms with Gasteiger partial charge in [-0.2, -0.15) is 0 Å². The average Bonchev–Trinajstić information content (AvgIpc) is 2.72. The van der Waals surface area contributed by atoms with Crippen LogP contribution >= 0.6 is 11.6 Å². The Morgan fingerprint density at radius 2 is 2.03 bits per heavy atom. The lowest BCUT2D eigenvalue weighted by Crippen LogP contribution is -2.39. The van der Waals surface area contributed by atoms with Crippen LogP contribution in [0.4, 0.5) is 11.5 Å². The van der Waals surface area contributed by atoms with Crippen LogP contribution in [0.25, 0.3) is 0 Å². The minimum absolute atomic E-state index is 0.114. The van der Waals surface area contributed by atoms with Gasteiger partial charge >= 0.3 is 0 Å². The minimum Gasteiger partial charge on any atom is -0.362 e. The summed E-state index contributed by atoms with van der Waals surface area (Å²) in [6.45, 7) is 5.77. The summed E-state index contributed by atoms with van der Waals surface area (Å²) in [6, 6.07) is 9.20. The van der Waals surface area contributed by atoms with E-state index in [0.717, 1.165) is 5.70 Å². The monoisotopic (exact) mass is 466 g/mol. The number of benzene rings is 1. The molecule has 170 valence electrons. The van der Waals surface area contributed by atoms with E-state index in [0.29, 0.717) is 35.5 Å². The first kappa shape index (κ1) is 22.7. The molecule has 0 saturated heterocycles. The van der Waals surface area contributed by atoms with Crippen molar-refractivity contribution in [2.75, 3.05) is 5.32 Å². The van der Waals surface area contributed by atoms with Gasteiger partial charge in [-0.15, -0.1) is 0 Å². The van der Waals surface area contributed by atoms with E-state index >= 15 is 0 Å². The fourth-order valence-corrected chi connectivity index (χ4v) is 4.76. The summed E-state index contributed by atoms with van der Waals surface area (Å²) in [5.41, 5.74) is 1.90. The van der Waals surface area contributed by atoms with E-state index in [1.54, 1.807) is 31.3 Å². The van der Waals surface area contributed by atoms with E-state index in [1.165, 1.54) is 18.2 Å². The Balaban J connectivity index is 1.89. The Hall–Kier alpha value is -3.52. The molecule has 33 heavy (non-hydrogen) atoms. The molecular formula is C24H23ClN4O4. The number of allylic oxidation sites excluding steroid dienone is 3. The molecule has 1 aliphatic heterocycles. The highest BCUT2D eigenvalue weighted by molar-refractivity contribution is 6.31. The molecular weight excluding hydrogens is 444 g/mol. The summed E-state index contributed by atoms with van der Waals surface area (Å²) >= 11 is 6.50. The molecule has 9 heteroatoms. The van der Waals surface area contributed by atoms with Crippen molar-refractivity contribution < 1.29 is 14.5 Å². The van der Waals surface area contributed by atoms with Gasteiger partial charge in [-0.1, -0.05) is 31.5 Å². The zero-order valence-electron chi connectivity index (χ0n) is 18.4. The van der Waals surface area contributed by atoms with Crippen LogP contribution in [0, 0.1) is 15.5 Å². The summed E-state index contributed by atoms with van der Waals surface area (Å²) in [5, 5.41) is 17.7. The van der Waals surface area contributed by atoms with Gasteiger partial charge in [0.15, 0.2) is 5.78 Å². The second kappa shape index (κ2) is 8.44. The SMILES string of the molecule is CC1=C(C(=O)Nc2ccccn2)[C@H](c2cc([N+](=O)[O-])ccc2Cl)C2=C(CC(C)(C)CC2=O)N1. The van der Waals surface area contributed by atoms with Crippen LogP contribution in [0.1, 0.15) is 45.1 Å². The van der Waals surface area contributed by atoms with Crippen molar-refractivity contribution >= 4 is 34.8 Å². The number of hydrogen-bond donors (Lipinski definition) is 2. The second-order valence-corrected chi connectivity index (χ2v) is 9.47. The number of hydrogen-bond acceptors (Lipinski definition) is 6. The molecule has 0 spiro atoms. The fraction of sp³-hybridized carbons (Fsp3) is 0.292. The normalized spacial score (nSPS) is 19.6. The van der Waals surface area contributed by atoms with Crippen LogP contribution in [0.5, 0.6) is 0 Å². The van der Waals surface area contributed by atoms with E-state index < -0.39 is 16.7 Å². The molecule has 1 amide bonds. The summed E-state index contributed by atoms with van der Waals surface area (Å²) in [5.74, 6) is -1.07. The number of nitro benzene ring substituents is 1. The molecule has 8 nitrogen and oxygen atoms in total. The van der Waals surface area contributed by atoms with Gasteiger partial charge in [-0.3, -0.25) is 19.7 Å². The molecule has 4 rings (SSSR count). The molecule has 0 radical (unpaired) electrons. The highest BCUT2D eigenvalue weighted by atomic mass is 35.5. The standard InChI is InChI=1S/C24H23ClN4O4/c1-13-20(23(31)28-19-6-4-5-9-26-19)21(15-10-14(29(32)33)7-8-16(15)25)22-17(27-13)11-24(2,3)12-18(22)30/h4-10,21,27H,11-12H2,1-3H3,(H,26,28,31)/t21-/m0/s1. The highest BCUT2D eigenvalue weighted by Gasteiger charge is 2.43. The number of non-ortho nitro benzene ring substituents is 1. The maximum absolute atomic E-state index is 13.4. The van der Waals surface area contributed by atoms with Gasteiger partial charge in [0, 0.05) is 58.2 Å². The molecule has 1 aromatic carbocycles. The van der Waals surface area contributed by atoms with E-state index in [-0.39, 0.29) is 27.5 Å². The zero-order chi connectivity index (χ0) is 23.9. The Morgan fingerprint density at radius 3 is 2.70 bits per heavy atom. The number of ketones is 1. The number of dihydropyridines is 1. The van der Waals surface area contributed by atoms with Gasteiger partial charge in [0.2, 0.25) is 0 Å². The average molecular weight is 467 g/mol. The lowest BCUT2D eigenvalue weighted by molar-refractivity contribution is -0.384. The number of Topliss-reactive ketones (excluding diaryl/α,β-unsaturated/α-hetero) is 1. The lowest BCUT2D eigenvalue weighted by Gasteiger charge is -2.39. The number of halogens is 1. The molecule has 2 heterocycles. The number of nitro groups is 1. The number of pyridine rings is 1. The van der Waals surface area contributed by atoms with Gasteiger partial charge in [0.05, 0.1) is 4.92 Å². The molecule has 0 fully saturated rings. The number of rotatable bonds is 4. The number of nitrogens with one attached hydrogen (secondary N) is 2. The Labute approximate surface area is 195 Å². The Bertz CT molecular complexity index is 1230. The second-order valence-electron chi connectivity index (χ2n) is 9.06.